The standard InChI is InChI=1S/C15H21N2O6P/c1-2-3-6-23-13-5-4-11(7-12(13)10-24(20,21)22)8-17-9-14(18)16-15(17)19/h4-5,7H,2-3,6,8-10H2,1H3,(H,16,18,19)(H2,20,21,22). The molecule has 0 unspecified atom stereocenters. The Labute approximate surface area is 140 Å². The molecular weight excluding hydrogens is 335 g/mol. The van der Waals surface area contributed by atoms with Gasteiger partial charge in [-0.2, -0.15) is 0 Å². The summed E-state index contributed by atoms with van der Waals surface area (Å²) in [5, 5.41) is 2.18. The van der Waals surface area contributed by atoms with Crippen molar-refractivity contribution in [3.63, 3.8) is 0 Å². The summed E-state index contributed by atoms with van der Waals surface area (Å²) >= 11 is 0. The zero-order chi connectivity index (χ0) is 17.7. The average molecular weight is 356 g/mol. The van der Waals surface area contributed by atoms with Gasteiger partial charge in [0.1, 0.15) is 12.3 Å². The Morgan fingerprint density at radius 2 is 2.08 bits per heavy atom. The molecule has 1 aromatic carbocycles. The minimum Gasteiger partial charge on any atom is -0.493 e. The van der Waals surface area contributed by atoms with E-state index in [0.717, 1.165) is 12.8 Å². The van der Waals surface area contributed by atoms with Crippen LogP contribution in [0.4, 0.5) is 4.79 Å². The van der Waals surface area contributed by atoms with Crippen LogP contribution in [0, 0.1) is 0 Å². The monoisotopic (exact) mass is 356 g/mol. The minimum atomic E-state index is -4.26. The predicted molar refractivity (Wildman–Crippen MR) is 86.5 cm³/mol. The summed E-state index contributed by atoms with van der Waals surface area (Å²) in [5.74, 6) is 0.0624. The summed E-state index contributed by atoms with van der Waals surface area (Å²) in [7, 11) is -4.26. The zero-order valence-electron chi connectivity index (χ0n) is 13.4. The van der Waals surface area contributed by atoms with Crippen molar-refractivity contribution >= 4 is 19.5 Å². The predicted octanol–water partition coefficient (Wildman–Crippen LogP) is 1.59. The van der Waals surface area contributed by atoms with Crippen molar-refractivity contribution < 1.29 is 28.7 Å². The average Bonchev–Trinajstić information content (AvgIpc) is 2.77. The van der Waals surface area contributed by atoms with Gasteiger partial charge in [-0.1, -0.05) is 19.4 Å². The lowest BCUT2D eigenvalue weighted by atomic mass is 10.1. The van der Waals surface area contributed by atoms with Gasteiger partial charge in [0, 0.05) is 12.1 Å². The Kier molecular flexibility index (Phi) is 5.99. The van der Waals surface area contributed by atoms with E-state index in [2.05, 4.69) is 5.32 Å². The molecule has 8 nitrogen and oxygen atoms in total. The highest BCUT2D eigenvalue weighted by Gasteiger charge is 2.27. The number of benzene rings is 1. The van der Waals surface area contributed by atoms with Gasteiger partial charge in [0.25, 0.3) is 0 Å². The summed E-state index contributed by atoms with van der Waals surface area (Å²) in [6.45, 7) is 2.64. The van der Waals surface area contributed by atoms with Gasteiger partial charge in [-0.3, -0.25) is 14.7 Å². The molecule has 24 heavy (non-hydrogen) atoms. The van der Waals surface area contributed by atoms with Gasteiger partial charge < -0.3 is 19.4 Å². The van der Waals surface area contributed by atoms with Gasteiger partial charge in [0.05, 0.1) is 12.8 Å². The summed E-state index contributed by atoms with van der Waals surface area (Å²) in [5.41, 5.74) is 1.06. The summed E-state index contributed by atoms with van der Waals surface area (Å²) in [6.07, 6.45) is 1.35. The largest absolute Gasteiger partial charge is 0.493 e. The first kappa shape index (κ1) is 18.4. The van der Waals surface area contributed by atoms with Crippen LogP contribution in [0.25, 0.3) is 0 Å². The van der Waals surface area contributed by atoms with E-state index in [1.807, 2.05) is 6.92 Å². The van der Waals surface area contributed by atoms with E-state index in [1.54, 1.807) is 18.2 Å². The molecule has 0 spiro atoms. The number of nitrogens with one attached hydrogen (secondary N) is 1. The number of imide groups is 1. The quantitative estimate of drug-likeness (QED) is 0.370. The molecule has 1 saturated heterocycles. The van der Waals surface area contributed by atoms with Crippen molar-refractivity contribution in [1.29, 1.82) is 0 Å². The Hall–Kier alpha value is -1.89. The number of carbonyl (C=O) groups excluding carboxylic acids is 2. The van der Waals surface area contributed by atoms with Crippen molar-refractivity contribution in [2.24, 2.45) is 0 Å². The van der Waals surface area contributed by atoms with Crippen LogP contribution in [0.2, 0.25) is 0 Å². The molecule has 0 bridgehead atoms. The van der Waals surface area contributed by atoms with Crippen molar-refractivity contribution in [1.82, 2.24) is 10.2 Å². The summed E-state index contributed by atoms with van der Waals surface area (Å²) < 4.78 is 16.9. The maximum atomic E-state index is 11.6. The highest BCUT2D eigenvalue weighted by atomic mass is 31.2. The number of hydrogen-bond acceptors (Lipinski definition) is 4. The first-order valence-electron chi connectivity index (χ1n) is 7.66. The second-order valence-corrected chi connectivity index (χ2v) is 7.32. The van der Waals surface area contributed by atoms with Gasteiger partial charge in [-0.05, 0) is 24.1 Å². The summed E-state index contributed by atoms with van der Waals surface area (Å²) in [6, 6.07) is 4.50. The van der Waals surface area contributed by atoms with E-state index in [1.165, 1.54) is 4.90 Å². The van der Waals surface area contributed by atoms with Gasteiger partial charge in [-0.25, -0.2) is 4.79 Å². The number of ether oxygens (including phenoxy) is 1. The molecule has 132 valence electrons. The van der Waals surface area contributed by atoms with Crippen LogP contribution in [0.5, 0.6) is 5.75 Å². The van der Waals surface area contributed by atoms with Crippen LogP contribution in [0.15, 0.2) is 18.2 Å². The van der Waals surface area contributed by atoms with Gasteiger partial charge >= 0.3 is 13.6 Å². The molecular formula is C15H21N2O6P. The van der Waals surface area contributed by atoms with Crippen molar-refractivity contribution in [2.75, 3.05) is 13.2 Å². The molecule has 3 N–H and O–H groups in total. The van der Waals surface area contributed by atoms with Crippen LogP contribution < -0.4 is 10.1 Å². The van der Waals surface area contributed by atoms with E-state index in [0.29, 0.717) is 23.5 Å². The van der Waals surface area contributed by atoms with Crippen LogP contribution in [0.1, 0.15) is 30.9 Å². The van der Waals surface area contributed by atoms with Gasteiger partial charge in [0.2, 0.25) is 5.91 Å². The molecule has 1 aromatic rings. The number of nitrogens with zero attached hydrogens (tertiary/aromatic N) is 1. The molecule has 0 atom stereocenters. The Bertz CT molecular complexity index is 672. The molecule has 1 fully saturated rings. The van der Waals surface area contributed by atoms with Crippen molar-refractivity contribution in [2.45, 2.75) is 32.5 Å². The van der Waals surface area contributed by atoms with E-state index in [4.69, 9.17) is 4.74 Å². The molecule has 1 aliphatic rings. The molecule has 2 rings (SSSR count). The number of rotatable bonds is 8. The number of amides is 3. The molecule has 0 radical (unpaired) electrons. The molecule has 1 heterocycles. The molecule has 1 aliphatic heterocycles. The molecule has 9 heteroatoms. The van der Waals surface area contributed by atoms with Crippen LogP contribution in [-0.4, -0.2) is 39.8 Å². The van der Waals surface area contributed by atoms with E-state index in [9.17, 15) is 23.9 Å². The number of carbonyl (C=O) groups is 2. The van der Waals surface area contributed by atoms with E-state index in [-0.39, 0.29) is 19.0 Å². The van der Waals surface area contributed by atoms with Crippen molar-refractivity contribution in [3.05, 3.63) is 29.3 Å². The Balaban J connectivity index is 2.17. The minimum absolute atomic E-state index is 0.0264. The van der Waals surface area contributed by atoms with Crippen molar-refractivity contribution in [3.8, 4) is 5.75 Å². The van der Waals surface area contributed by atoms with E-state index >= 15 is 0 Å². The second-order valence-electron chi connectivity index (χ2n) is 5.68. The fourth-order valence-electron chi connectivity index (χ4n) is 2.37. The maximum absolute atomic E-state index is 11.6. The fraction of sp³-hybridized carbons (Fsp3) is 0.467. The Morgan fingerprint density at radius 1 is 1.33 bits per heavy atom. The summed E-state index contributed by atoms with van der Waals surface area (Å²) in [4.78, 5) is 42.6. The molecule has 0 saturated carbocycles. The topological polar surface area (TPSA) is 116 Å². The zero-order valence-corrected chi connectivity index (χ0v) is 14.3. The Morgan fingerprint density at radius 3 is 2.67 bits per heavy atom. The van der Waals surface area contributed by atoms with Crippen LogP contribution in [0.3, 0.4) is 0 Å². The lowest BCUT2D eigenvalue weighted by Gasteiger charge is -2.17. The second kappa shape index (κ2) is 7.79. The van der Waals surface area contributed by atoms with Gasteiger partial charge in [-0.15, -0.1) is 0 Å². The lowest BCUT2D eigenvalue weighted by molar-refractivity contribution is -0.118. The van der Waals surface area contributed by atoms with E-state index < -0.39 is 19.8 Å². The fourth-order valence-corrected chi connectivity index (χ4v) is 3.07. The SMILES string of the molecule is CCCCOc1ccc(CN2CC(=O)NC2=O)cc1CP(=O)(O)O. The third-order valence-electron chi connectivity index (χ3n) is 3.50. The maximum Gasteiger partial charge on any atom is 0.330 e. The highest BCUT2D eigenvalue weighted by molar-refractivity contribution is 7.50. The normalized spacial score (nSPS) is 14.9. The van der Waals surface area contributed by atoms with Crippen LogP contribution >= 0.6 is 7.60 Å². The van der Waals surface area contributed by atoms with Crippen LogP contribution in [-0.2, 0) is 22.1 Å². The molecule has 3 amide bonds. The third kappa shape index (κ3) is 5.33. The smallest absolute Gasteiger partial charge is 0.330 e. The first-order valence-corrected chi connectivity index (χ1v) is 9.46. The molecule has 0 aromatic heterocycles. The highest BCUT2D eigenvalue weighted by Crippen LogP contribution is 2.42. The third-order valence-corrected chi connectivity index (χ3v) is 4.25. The molecule has 0 aliphatic carbocycles. The number of unbranched alkanes of at least 4 members (excludes halogenated alkanes) is 1. The van der Waals surface area contributed by atoms with Gasteiger partial charge in [0.15, 0.2) is 0 Å². The number of hydrogen-bond donors (Lipinski definition) is 3. The lowest BCUT2D eigenvalue weighted by Crippen LogP contribution is -2.27. The first-order chi connectivity index (χ1) is 11.3. The number of urea groups is 1.